The van der Waals surface area contributed by atoms with Gasteiger partial charge in [0.15, 0.2) is 0 Å². The summed E-state index contributed by atoms with van der Waals surface area (Å²) in [7, 11) is 1.69. The number of methoxy groups -OCH3 is 1. The zero-order valence-corrected chi connectivity index (χ0v) is 13.2. The van der Waals surface area contributed by atoms with E-state index in [1.807, 2.05) is 18.3 Å². The lowest BCUT2D eigenvalue weighted by atomic mass is 10.1. The number of benzene rings is 1. The van der Waals surface area contributed by atoms with Crippen molar-refractivity contribution in [2.24, 2.45) is 0 Å². The summed E-state index contributed by atoms with van der Waals surface area (Å²) in [5.41, 5.74) is 1.22. The monoisotopic (exact) mass is 287 g/mol. The molecule has 0 spiro atoms. The number of aromatic nitrogens is 2. The molecule has 0 aliphatic heterocycles. The highest BCUT2D eigenvalue weighted by Crippen LogP contribution is 2.23. The Labute approximate surface area is 127 Å². The molecule has 0 saturated heterocycles. The summed E-state index contributed by atoms with van der Waals surface area (Å²) in [6, 6.07) is 8.35. The van der Waals surface area contributed by atoms with Gasteiger partial charge in [0.2, 0.25) is 0 Å². The van der Waals surface area contributed by atoms with Crippen LogP contribution in [0.5, 0.6) is 5.75 Å². The van der Waals surface area contributed by atoms with Crippen LogP contribution in [0.15, 0.2) is 36.7 Å². The molecule has 1 aromatic carbocycles. The number of hydrogen-bond acceptors (Lipinski definition) is 3. The summed E-state index contributed by atoms with van der Waals surface area (Å²) in [6.07, 6.45) is 6.14. The third-order valence-electron chi connectivity index (χ3n) is 3.52. The predicted octanol–water partition coefficient (Wildman–Crippen LogP) is 3.39. The lowest BCUT2D eigenvalue weighted by Crippen LogP contribution is -2.26. The summed E-state index contributed by atoms with van der Waals surface area (Å²) >= 11 is 0. The number of nitrogens with one attached hydrogen (secondary N) is 1. The average molecular weight is 287 g/mol. The van der Waals surface area contributed by atoms with E-state index in [0.29, 0.717) is 0 Å². The zero-order chi connectivity index (χ0) is 15.1. The fourth-order valence-electron chi connectivity index (χ4n) is 2.45. The molecule has 0 aliphatic rings. The quantitative estimate of drug-likeness (QED) is 0.809. The maximum absolute atomic E-state index is 5.24. The summed E-state index contributed by atoms with van der Waals surface area (Å²) in [5, 5.41) is 3.60. The molecule has 0 saturated carbocycles. The number of rotatable bonds is 8. The maximum Gasteiger partial charge on any atom is 0.130 e. The third-order valence-corrected chi connectivity index (χ3v) is 3.52. The summed E-state index contributed by atoms with van der Waals surface area (Å²) < 4.78 is 7.48. The van der Waals surface area contributed by atoms with Crippen LogP contribution < -0.4 is 10.1 Å². The van der Waals surface area contributed by atoms with Gasteiger partial charge < -0.3 is 14.6 Å². The van der Waals surface area contributed by atoms with Gasteiger partial charge >= 0.3 is 0 Å². The fraction of sp³-hybridized carbons (Fsp3) is 0.471. The second kappa shape index (κ2) is 7.84. The molecular formula is C17H25N3O. The van der Waals surface area contributed by atoms with Crippen molar-refractivity contribution in [2.45, 2.75) is 39.3 Å². The Morgan fingerprint density at radius 2 is 1.95 bits per heavy atom. The first kappa shape index (κ1) is 15.6. The standard InChI is InChI=1S/C17H25N3O/c1-4-10-18-16(14-6-8-15(21-3)9-7-14)17-19-11-13-20(17)12-5-2/h6-9,11,13,16,18H,4-5,10,12H2,1-3H3. The van der Waals surface area contributed by atoms with Gasteiger partial charge in [-0.15, -0.1) is 0 Å². The van der Waals surface area contributed by atoms with E-state index in [9.17, 15) is 0 Å². The van der Waals surface area contributed by atoms with Gasteiger partial charge in [-0.2, -0.15) is 0 Å². The van der Waals surface area contributed by atoms with Crippen LogP contribution in [0.25, 0.3) is 0 Å². The average Bonchev–Trinajstić information content (AvgIpc) is 2.97. The van der Waals surface area contributed by atoms with Crippen molar-refractivity contribution in [3.63, 3.8) is 0 Å². The van der Waals surface area contributed by atoms with Crippen molar-refractivity contribution in [2.75, 3.05) is 13.7 Å². The second-order valence-corrected chi connectivity index (χ2v) is 5.14. The van der Waals surface area contributed by atoms with E-state index in [-0.39, 0.29) is 6.04 Å². The Morgan fingerprint density at radius 3 is 2.57 bits per heavy atom. The predicted molar refractivity (Wildman–Crippen MR) is 85.6 cm³/mol. The van der Waals surface area contributed by atoms with Crippen LogP contribution in [0.3, 0.4) is 0 Å². The van der Waals surface area contributed by atoms with Crippen LogP contribution in [0.4, 0.5) is 0 Å². The van der Waals surface area contributed by atoms with E-state index in [4.69, 9.17) is 4.74 Å². The van der Waals surface area contributed by atoms with Crippen molar-refractivity contribution in [1.82, 2.24) is 14.9 Å². The first-order chi connectivity index (χ1) is 10.3. The molecule has 0 amide bonds. The molecule has 2 aromatic rings. The van der Waals surface area contributed by atoms with Gasteiger partial charge in [-0.3, -0.25) is 0 Å². The number of nitrogens with zero attached hydrogens (tertiary/aromatic N) is 2. The third kappa shape index (κ3) is 3.85. The van der Waals surface area contributed by atoms with Gasteiger partial charge in [-0.1, -0.05) is 26.0 Å². The van der Waals surface area contributed by atoms with Crippen LogP contribution in [0, 0.1) is 0 Å². The minimum atomic E-state index is 0.123. The van der Waals surface area contributed by atoms with Gasteiger partial charge in [0.25, 0.3) is 0 Å². The van der Waals surface area contributed by atoms with Gasteiger partial charge in [0.05, 0.1) is 13.2 Å². The minimum Gasteiger partial charge on any atom is -0.497 e. The van der Waals surface area contributed by atoms with Crippen LogP contribution in [-0.2, 0) is 6.54 Å². The Balaban J connectivity index is 2.29. The smallest absolute Gasteiger partial charge is 0.130 e. The Bertz CT molecular complexity index is 533. The van der Waals surface area contributed by atoms with Crippen molar-refractivity contribution >= 4 is 0 Å². The molecule has 4 nitrogen and oxygen atoms in total. The van der Waals surface area contributed by atoms with Crippen LogP contribution >= 0.6 is 0 Å². The van der Waals surface area contributed by atoms with E-state index in [1.54, 1.807) is 7.11 Å². The van der Waals surface area contributed by atoms with Crippen LogP contribution in [-0.4, -0.2) is 23.2 Å². The molecule has 1 atom stereocenters. The second-order valence-electron chi connectivity index (χ2n) is 5.14. The van der Waals surface area contributed by atoms with Crippen LogP contribution in [0.2, 0.25) is 0 Å². The molecule has 1 unspecified atom stereocenters. The lowest BCUT2D eigenvalue weighted by molar-refractivity contribution is 0.414. The fourth-order valence-corrected chi connectivity index (χ4v) is 2.45. The molecule has 1 aromatic heterocycles. The number of hydrogen-bond donors (Lipinski definition) is 1. The molecule has 2 rings (SSSR count). The highest BCUT2D eigenvalue weighted by Gasteiger charge is 2.18. The van der Waals surface area contributed by atoms with Crippen molar-refractivity contribution in [1.29, 1.82) is 0 Å². The molecule has 4 heteroatoms. The molecule has 21 heavy (non-hydrogen) atoms. The highest BCUT2D eigenvalue weighted by atomic mass is 16.5. The minimum absolute atomic E-state index is 0.123. The number of imidazole rings is 1. The summed E-state index contributed by atoms with van der Waals surface area (Å²) in [6.45, 7) is 6.33. The molecular weight excluding hydrogens is 262 g/mol. The van der Waals surface area contributed by atoms with E-state index in [0.717, 1.165) is 37.5 Å². The SMILES string of the molecule is CCCNC(c1ccc(OC)cc1)c1nccn1CCC. The van der Waals surface area contributed by atoms with Crippen LogP contribution in [0.1, 0.15) is 44.1 Å². The van der Waals surface area contributed by atoms with Crippen molar-refractivity contribution in [3.05, 3.63) is 48.0 Å². The molecule has 1 heterocycles. The molecule has 0 bridgehead atoms. The van der Waals surface area contributed by atoms with E-state index in [1.165, 1.54) is 5.56 Å². The summed E-state index contributed by atoms with van der Waals surface area (Å²) in [5.74, 6) is 1.96. The highest BCUT2D eigenvalue weighted by molar-refractivity contribution is 5.32. The Hall–Kier alpha value is -1.81. The maximum atomic E-state index is 5.24. The number of aryl methyl sites for hydroxylation is 1. The van der Waals surface area contributed by atoms with Crippen molar-refractivity contribution in [3.8, 4) is 5.75 Å². The van der Waals surface area contributed by atoms with Gasteiger partial charge in [-0.25, -0.2) is 4.98 Å². The van der Waals surface area contributed by atoms with E-state index < -0.39 is 0 Å². The van der Waals surface area contributed by atoms with E-state index >= 15 is 0 Å². The van der Waals surface area contributed by atoms with Gasteiger partial charge in [0, 0.05) is 18.9 Å². The van der Waals surface area contributed by atoms with Crippen molar-refractivity contribution < 1.29 is 4.74 Å². The Kier molecular flexibility index (Phi) is 5.81. The Morgan fingerprint density at radius 1 is 1.19 bits per heavy atom. The molecule has 0 aliphatic carbocycles. The lowest BCUT2D eigenvalue weighted by Gasteiger charge is -2.20. The molecule has 0 radical (unpaired) electrons. The first-order valence-corrected chi connectivity index (χ1v) is 7.68. The van der Waals surface area contributed by atoms with E-state index in [2.05, 4.69) is 47.0 Å². The molecule has 1 N–H and O–H groups in total. The van der Waals surface area contributed by atoms with Gasteiger partial charge in [0.1, 0.15) is 11.6 Å². The summed E-state index contributed by atoms with van der Waals surface area (Å²) in [4.78, 5) is 4.58. The normalized spacial score (nSPS) is 12.3. The van der Waals surface area contributed by atoms with Gasteiger partial charge in [-0.05, 0) is 37.1 Å². The molecule has 114 valence electrons. The molecule has 0 fully saturated rings. The number of ether oxygens (including phenoxy) is 1. The first-order valence-electron chi connectivity index (χ1n) is 7.68. The largest absolute Gasteiger partial charge is 0.497 e. The zero-order valence-electron chi connectivity index (χ0n) is 13.2. The topological polar surface area (TPSA) is 39.1 Å².